The zero-order chi connectivity index (χ0) is 24.5. The highest BCUT2D eigenvalue weighted by molar-refractivity contribution is 6.32. The molecule has 3 heterocycles. The number of hydrogen-bond acceptors (Lipinski definition) is 5. The SMILES string of the molecule is O=C(c1c2c(nc3ccccc13)/C(=C/c1ccccc1Cl)CCC2)N1CCN(c2ncccn2)CC1. The van der Waals surface area contributed by atoms with Crippen molar-refractivity contribution in [2.45, 2.75) is 19.3 Å². The Balaban J connectivity index is 1.38. The van der Waals surface area contributed by atoms with Crippen LogP contribution in [0.15, 0.2) is 67.0 Å². The quantitative estimate of drug-likeness (QED) is 0.374. The van der Waals surface area contributed by atoms with Gasteiger partial charge in [-0.15, -0.1) is 0 Å². The first-order chi connectivity index (χ1) is 17.7. The molecule has 1 saturated heterocycles. The third kappa shape index (κ3) is 4.22. The number of fused-ring (bicyclic) bond motifs is 2. The van der Waals surface area contributed by atoms with Crippen LogP contribution in [0.4, 0.5) is 5.95 Å². The van der Waals surface area contributed by atoms with Crippen LogP contribution in [0.25, 0.3) is 22.6 Å². The Hall–Kier alpha value is -3.77. The number of pyridine rings is 1. The molecular weight excluding hydrogens is 470 g/mol. The summed E-state index contributed by atoms with van der Waals surface area (Å²) in [6, 6.07) is 17.7. The van der Waals surface area contributed by atoms with E-state index in [-0.39, 0.29) is 5.91 Å². The van der Waals surface area contributed by atoms with Crippen molar-refractivity contribution >= 4 is 46.0 Å². The van der Waals surface area contributed by atoms with Gasteiger partial charge in [0.2, 0.25) is 5.95 Å². The van der Waals surface area contributed by atoms with Gasteiger partial charge >= 0.3 is 0 Å². The van der Waals surface area contributed by atoms with Crippen LogP contribution < -0.4 is 4.90 Å². The van der Waals surface area contributed by atoms with Crippen molar-refractivity contribution in [1.82, 2.24) is 19.9 Å². The summed E-state index contributed by atoms with van der Waals surface area (Å²) >= 11 is 6.47. The number of piperazine rings is 1. The normalized spacial score (nSPS) is 16.9. The zero-order valence-corrected chi connectivity index (χ0v) is 20.7. The highest BCUT2D eigenvalue weighted by Gasteiger charge is 2.30. The molecular formula is C29H26ClN5O. The lowest BCUT2D eigenvalue weighted by Crippen LogP contribution is -2.49. The molecule has 0 saturated carbocycles. The van der Waals surface area contributed by atoms with Gasteiger partial charge < -0.3 is 9.80 Å². The van der Waals surface area contributed by atoms with Crippen LogP contribution in [-0.4, -0.2) is 51.9 Å². The van der Waals surface area contributed by atoms with Gasteiger partial charge in [-0.05, 0) is 60.2 Å². The van der Waals surface area contributed by atoms with Crippen molar-refractivity contribution in [3.8, 4) is 0 Å². The molecule has 7 heteroatoms. The van der Waals surface area contributed by atoms with Crippen molar-refractivity contribution < 1.29 is 4.79 Å². The molecule has 1 fully saturated rings. The molecule has 180 valence electrons. The maximum Gasteiger partial charge on any atom is 0.255 e. The molecule has 2 aromatic carbocycles. The number of aromatic nitrogens is 3. The fraction of sp³-hybridized carbons (Fsp3) is 0.241. The lowest BCUT2D eigenvalue weighted by atomic mass is 9.85. The molecule has 1 aliphatic carbocycles. The highest BCUT2D eigenvalue weighted by Crippen LogP contribution is 2.37. The Labute approximate surface area is 215 Å². The molecule has 1 aliphatic heterocycles. The number of rotatable bonds is 3. The van der Waals surface area contributed by atoms with Gasteiger partial charge in [0.25, 0.3) is 5.91 Å². The second-order valence-corrected chi connectivity index (χ2v) is 9.61. The van der Waals surface area contributed by atoms with Crippen molar-refractivity contribution in [2.75, 3.05) is 31.1 Å². The second-order valence-electron chi connectivity index (χ2n) is 9.20. The Morgan fingerprint density at radius 1 is 0.889 bits per heavy atom. The standard InChI is InChI=1S/C29H26ClN5O/c30-24-11-3-1-7-20(24)19-21-8-5-10-23-26(22-9-2-4-12-25(22)33-27(21)23)28(36)34-15-17-35(18-16-34)29-31-13-6-14-32-29/h1-4,6-7,9,11-14,19H,5,8,10,15-18H2/b21-19+. The third-order valence-corrected chi connectivity index (χ3v) is 7.37. The Bertz CT molecular complexity index is 1460. The summed E-state index contributed by atoms with van der Waals surface area (Å²) in [5.74, 6) is 0.795. The molecule has 0 spiro atoms. The summed E-state index contributed by atoms with van der Waals surface area (Å²) in [5, 5.41) is 1.64. The van der Waals surface area contributed by atoms with Crippen LogP contribution >= 0.6 is 11.6 Å². The average Bonchev–Trinajstić information content (AvgIpc) is 2.93. The van der Waals surface area contributed by atoms with Gasteiger partial charge in [-0.2, -0.15) is 0 Å². The second kappa shape index (κ2) is 9.70. The minimum absolute atomic E-state index is 0.0810. The zero-order valence-electron chi connectivity index (χ0n) is 19.9. The maximum absolute atomic E-state index is 14.1. The lowest BCUT2D eigenvalue weighted by molar-refractivity contribution is 0.0747. The predicted molar refractivity (Wildman–Crippen MR) is 144 cm³/mol. The molecule has 0 unspecified atom stereocenters. The van der Waals surface area contributed by atoms with Crippen molar-refractivity contribution in [2.24, 2.45) is 0 Å². The largest absolute Gasteiger partial charge is 0.337 e. The monoisotopic (exact) mass is 495 g/mol. The Morgan fingerprint density at radius 3 is 2.44 bits per heavy atom. The summed E-state index contributed by atoms with van der Waals surface area (Å²) in [4.78, 5) is 31.9. The third-order valence-electron chi connectivity index (χ3n) is 7.02. The van der Waals surface area contributed by atoms with Gasteiger partial charge in [0.15, 0.2) is 0 Å². The van der Waals surface area contributed by atoms with Crippen LogP contribution in [0.3, 0.4) is 0 Å². The van der Waals surface area contributed by atoms with Gasteiger partial charge in [0.1, 0.15) is 0 Å². The molecule has 2 aliphatic rings. The van der Waals surface area contributed by atoms with Crippen LogP contribution in [-0.2, 0) is 6.42 Å². The van der Waals surface area contributed by atoms with E-state index in [1.165, 1.54) is 0 Å². The fourth-order valence-corrected chi connectivity index (χ4v) is 5.41. The van der Waals surface area contributed by atoms with E-state index < -0.39 is 0 Å². The van der Waals surface area contributed by atoms with Gasteiger partial charge in [0.05, 0.1) is 16.8 Å². The molecule has 1 amide bonds. The number of carbonyl (C=O) groups is 1. The average molecular weight is 496 g/mol. The molecule has 36 heavy (non-hydrogen) atoms. The maximum atomic E-state index is 14.1. The first kappa shape index (κ1) is 22.7. The van der Waals surface area contributed by atoms with E-state index in [1.54, 1.807) is 12.4 Å². The molecule has 0 bridgehead atoms. The van der Waals surface area contributed by atoms with E-state index in [2.05, 4.69) is 20.9 Å². The van der Waals surface area contributed by atoms with E-state index in [0.29, 0.717) is 32.1 Å². The highest BCUT2D eigenvalue weighted by atomic mass is 35.5. The van der Waals surface area contributed by atoms with Crippen LogP contribution in [0, 0.1) is 0 Å². The summed E-state index contributed by atoms with van der Waals surface area (Å²) in [6.45, 7) is 2.67. The van der Waals surface area contributed by atoms with Crippen LogP contribution in [0.2, 0.25) is 5.02 Å². The number of nitrogens with zero attached hydrogens (tertiary/aromatic N) is 5. The Kier molecular flexibility index (Phi) is 6.11. The topological polar surface area (TPSA) is 62.2 Å². The van der Waals surface area contributed by atoms with E-state index in [0.717, 1.165) is 63.1 Å². The molecule has 0 radical (unpaired) electrons. The number of halogens is 1. The molecule has 0 atom stereocenters. The first-order valence-corrected chi connectivity index (χ1v) is 12.7. The predicted octanol–water partition coefficient (Wildman–Crippen LogP) is 5.52. The number of allylic oxidation sites excluding steroid dienone is 1. The first-order valence-electron chi connectivity index (χ1n) is 12.4. The van der Waals surface area contributed by atoms with Crippen LogP contribution in [0.5, 0.6) is 0 Å². The fourth-order valence-electron chi connectivity index (χ4n) is 5.22. The van der Waals surface area contributed by atoms with Gasteiger partial charge in [0, 0.05) is 49.0 Å². The number of carbonyl (C=O) groups excluding carboxylic acids is 1. The van der Waals surface area contributed by atoms with Gasteiger partial charge in [-0.25, -0.2) is 15.0 Å². The van der Waals surface area contributed by atoms with Crippen LogP contribution in [0.1, 0.15) is 40.0 Å². The minimum atomic E-state index is 0.0810. The molecule has 4 aromatic rings. The number of hydrogen-bond donors (Lipinski definition) is 0. The number of amides is 1. The van der Waals surface area contributed by atoms with E-state index in [4.69, 9.17) is 16.6 Å². The van der Waals surface area contributed by atoms with Crippen molar-refractivity contribution in [3.05, 3.63) is 94.4 Å². The lowest BCUT2D eigenvalue weighted by Gasteiger charge is -2.35. The molecule has 6 nitrogen and oxygen atoms in total. The number of para-hydroxylation sites is 1. The smallest absolute Gasteiger partial charge is 0.255 e. The van der Waals surface area contributed by atoms with E-state index >= 15 is 0 Å². The Morgan fingerprint density at radius 2 is 1.64 bits per heavy atom. The molecule has 6 rings (SSSR count). The van der Waals surface area contributed by atoms with E-state index in [1.807, 2.05) is 59.5 Å². The molecule has 2 aromatic heterocycles. The summed E-state index contributed by atoms with van der Waals surface area (Å²) in [5.41, 5.74) is 5.74. The van der Waals surface area contributed by atoms with Gasteiger partial charge in [-0.1, -0.05) is 48.0 Å². The number of anilines is 1. The summed E-state index contributed by atoms with van der Waals surface area (Å²) < 4.78 is 0. The summed E-state index contributed by atoms with van der Waals surface area (Å²) in [6.07, 6.45) is 8.36. The summed E-state index contributed by atoms with van der Waals surface area (Å²) in [7, 11) is 0. The minimum Gasteiger partial charge on any atom is -0.337 e. The van der Waals surface area contributed by atoms with Gasteiger partial charge in [-0.3, -0.25) is 4.79 Å². The van der Waals surface area contributed by atoms with E-state index in [9.17, 15) is 4.79 Å². The molecule has 0 N–H and O–H groups in total. The number of benzene rings is 2. The van der Waals surface area contributed by atoms with Crippen molar-refractivity contribution in [3.63, 3.8) is 0 Å². The van der Waals surface area contributed by atoms with Crippen molar-refractivity contribution in [1.29, 1.82) is 0 Å².